The molecule has 0 aliphatic rings. The molecule has 0 saturated carbocycles. The van der Waals surface area contributed by atoms with Gasteiger partial charge in [-0.15, -0.1) is 0 Å². The van der Waals surface area contributed by atoms with Crippen molar-refractivity contribution in [1.82, 2.24) is 0 Å². The maximum atomic E-state index is 11.7. The number of benzene rings is 3. The quantitative estimate of drug-likeness (QED) is 0.147. The molecule has 3 rings (SSSR count). The maximum absolute atomic E-state index is 11.7. The van der Waals surface area contributed by atoms with Gasteiger partial charge in [-0.25, -0.2) is 9.59 Å². The molecule has 0 aliphatic carbocycles. The minimum Gasteiger partial charge on any atom is -0.455 e. The molecule has 0 saturated heterocycles. The highest BCUT2D eigenvalue weighted by Gasteiger charge is 2.19. The SMILES string of the molecule is C=CC(=O)OC(C)Oc1cc(OC(C)OC(=O)C=C)cc(N(c2ccc(C)c(C)c2)c2ccc(C)c(C)c2)c1. The highest BCUT2D eigenvalue weighted by atomic mass is 16.7. The maximum Gasteiger partial charge on any atom is 0.333 e. The van der Waals surface area contributed by atoms with Crippen LogP contribution in [0, 0.1) is 27.7 Å². The van der Waals surface area contributed by atoms with E-state index in [0.717, 1.165) is 40.3 Å². The number of ether oxygens (including phenoxy) is 4. The van der Waals surface area contributed by atoms with Crippen molar-refractivity contribution in [1.29, 1.82) is 0 Å². The third kappa shape index (κ3) is 7.74. The van der Waals surface area contributed by atoms with E-state index in [-0.39, 0.29) is 0 Å². The van der Waals surface area contributed by atoms with Crippen molar-refractivity contribution in [3.05, 3.63) is 102 Å². The summed E-state index contributed by atoms with van der Waals surface area (Å²) in [7, 11) is 0. The second-order valence-corrected chi connectivity index (χ2v) is 9.19. The van der Waals surface area contributed by atoms with Gasteiger partial charge < -0.3 is 23.8 Å². The lowest BCUT2D eigenvalue weighted by Gasteiger charge is -2.28. The Bertz CT molecular complexity index is 1280. The van der Waals surface area contributed by atoms with Gasteiger partial charge in [0.15, 0.2) is 0 Å². The number of anilines is 3. The Morgan fingerprint density at radius 1 is 0.641 bits per heavy atom. The molecular formula is C32H35NO6. The molecule has 39 heavy (non-hydrogen) atoms. The molecule has 7 nitrogen and oxygen atoms in total. The van der Waals surface area contributed by atoms with Crippen LogP contribution in [-0.4, -0.2) is 24.5 Å². The fraction of sp³-hybridized carbons (Fsp3) is 0.250. The summed E-state index contributed by atoms with van der Waals surface area (Å²) in [6.07, 6.45) is 0.348. The minimum absolute atomic E-state index is 0.381. The topological polar surface area (TPSA) is 74.3 Å². The lowest BCUT2D eigenvalue weighted by molar-refractivity contribution is -0.155. The number of hydrogen-bond donors (Lipinski definition) is 0. The average Bonchev–Trinajstić information content (AvgIpc) is 2.87. The Hall–Kier alpha value is -4.52. The van der Waals surface area contributed by atoms with Crippen LogP contribution >= 0.6 is 0 Å². The second kappa shape index (κ2) is 12.8. The van der Waals surface area contributed by atoms with Crippen LogP contribution in [0.4, 0.5) is 17.1 Å². The van der Waals surface area contributed by atoms with Crippen LogP contribution in [0.25, 0.3) is 0 Å². The Kier molecular flexibility index (Phi) is 9.55. The van der Waals surface area contributed by atoms with E-state index in [2.05, 4.69) is 82.2 Å². The highest BCUT2D eigenvalue weighted by molar-refractivity contribution is 5.82. The summed E-state index contributed by atoms with van der Waals surface area (Å²) in [5.41, 5.74) is 7.22. The lowest BCUT2D eigenvalue weighted by Crippen LogP contribution is -2.21. The molecule has 0 amide bonds. The number of nitrogens with zero attached hydrogens (tertiary/aromatic N) is 1. The van der Waals surface area contributed by atoms with Crippen LogP contribution in [0.3, 0.4) is 0 Å². The molecule has 0 heterocycles. The van der Waals surface area contributed by atoms with Crippen LogP contribution < -0.4 is 14.4 Å². The Morgan fingerprint density at radius 3 is 1.41 bits per heavy atom. The van der Waals surface area contributed by atoms with Crippen molar-refractivity contribution >= 4 is 29.0 Å². The summed E-state index contributed by atoms with van der Waals surface area (Å²) >= 11 is 0. The van der Waals surface area contributed by atoms with Gasteiger partial charge in [0.05, 0.1) is 5.69 Å². The van der Waals surface area contributed by atoms with Crippen molar-refractivity contribution in [2.75, 3.05) is 4.90 Å². The van der Waals surface area contributed by atoms with Crippen molar-refractivity contribution in [2.24, 2.45) is 0 Å². The predicted octanol–water partition coefficient (Wildman–Crippen LogP) is 7.30. The number of rotatable bonds is 11. The van der Waals surface area contributed by atoms with Crippen LogP contribution in [0.2, 0.25) is 0 Å². The van der Waals surface area contributed by atoms with Crippen molar-refractivity contribution in [3.63, 3.8) is 0 Å². The van der Waals surface area contributed by atoms with E-state index in [0.29, 0.717) is 11.5 Å². The molecule has 3 aromatic carbocycles. The molecule has 0 bridgehead atoms. The largest absolute Gasteiger partial charge is 0.455 e. The van der Waals surface area contributed by atoms with Gasteiger partial charge in [0, 0.05) is 55.6 Å². The smallest absolute Gasteiger partial charge is 0.333 e. The van der Waals surface area contributed by atoms with Gasteiger partial charge in [-0.3, -0.25) is 0 Å². The fourth-order valence-corrected chi connectivity index (χ4v) is 3.85. The van der Waals surface area contributed by atoms with Crippen LogP contribution in [0.5, 0.6) is 11.5 Å². The third-order valence-corrected chi connectivity index (χ3v) is 6.12. The average molecular weight is 530 g/mol. The Balaban J connectivity index is 2.15. The van der Waals surface area contributed by atoms with E-state index in [9.17, 15) is 9.59 Å². The van der Waals surface area contributed by atoms with Gasteiger partial charge in [-0.05, 0) is 74.2 Å². The summed E-state index contributed by atoms with van der Waals surface area (Å²) in [5.74, 6) is -0.447. The molecule has 0 aromatic heterocycles. The first kappa shape index (κ1) is 29.0. The van der Waals surface area contributed by atoms with Gasteiger partial charge in [0.1, 0.15) is 11.5 Å². The molecular weight excluding hydrogens is 494 g/mol. The Morgan fingerprint density at radius 2 is 1.05 bits per heavy atom. The Labute approximate surface area is 230 Å². The first-order valence-corrected chi connectivity index (χ1v) is 12.6. The van der Waals surface area contributed by atoms with Gasteiger partial charge >= 0.3 is 11.9 Å². The van der Waals surface area contributed by atoms with Crippen LogP contribution in [0.1, 0.15) is 36.1 Å². The monoisotopic (exact) mass is 529 g/mol. The van der Waals surface area contributed by atoms with E-state index >= 15 is 0 Å². The summed E-state index contributed by atoms with van der Waals surface area (Å²) in [5, 5.41) is 0. The molecule has 0 aliphatic heterocycles. The number of carbonyl (C=O) groups excluding carboxylic acids is 2. The molecule has 2 atom stereocenters. The van der Waals surface area contributed by atoms with Gasteiger partial charge in [-0.1, -0.05) is 25.3 Å². The van der Waals surface area contributed by atoms with E-state index in [4.69, 9.17) is 18.9 Å². The third-order valence-electron chi connectivity index (χ3n) is 6.12. The number of aryl methyl sites for hydroxylation is 4. The minimum atomic E-state index is -0.897. The highest BCUT2D eigenvalue weighted by Crippen LogP contribution is 2.40. The molecule has 7 heteroatoms. The van der Waals surface area contributed by atoms with Crippen LogP contribution in [-0.2, 0) is 19.1 Å². The lowest BCUT2D eigenvalue weighted by atomic mass is 10.1. The normalized spacial score (nSPS) is 12.1. The first-order chi connectivity index (χ1) is 18.5. The van der Waals surface area contributed by atoms with Crippen LogP contribution in [0.15, 0.2) is 79.9 Å². The molecule has 0 N–H and O–H groups in total. The van der Waals surface area contributed by atoms with E-state index in [1.807, 2.05) is 12.1 Å². The molecule has 0 spiro atoms. The second-order valence-electron chi connectivity index (χ2n) is 9.19. The van der Waals surface area contributed by atoms with E-state index < -0.39 is 24.5 Å². The summed E-state index contributed by atoms with van der Waals surface area (Å²) in [6, 6.07) is 17.8. The predicted molar refractivity (Wildman–Crippen MR) is 153 cm³/mol. The van der Waals surface area contributed by atoms with Gasteiger partial charge in [0.2, 0.25) is 12.6 Å². The molecule has 0 radical (unpaired) electrons. The number of carbonyl (C=O) groups is 2. The fourth-order valence-electron chi connectivity index (χ4n) is 3.85. The van der Waals surface area contributed by atoms with Gasteiger partial charge in [0.25, 0.3) is 0 Å². The number of hydrogen-bond acceptors (Lipinski definition) is 7. The van der Waals surface area contributed by atoms with Crippen molar-refractivity contribution < 1.29 is 28.5 Å². The summed E-state index contributed by atoms with van der Waals surface area (Å²) in [6.45, 7) is 18.3. The summed E-state index contributed by atoms with van der Waals surface area (Å²) < 4.78 is 22.3. The van der Waals surface area contributed by atoms with Crippen molar-refractivity contribution in [3.8, 4) is 11.5 Å². The zero-order valence-electron chi connectivity index (χ0n) is 23.3. The zero-order chi connectivity index (χ0) is 28.7. The first-order valence-electron chi connectivity index (χ1n) is 12.6. The van der Waals surface area contributed by atoms with E-state index in [1.54, 1.807) is 19.9 Å². The molecule has 2 unspecified atom stereocenters. The standard InChI is InChI=1S/C32H35NO6/c1-9-31(34)38-24(7)36-29-17-28(18-30(19-29)37-25(8)39-32(35)10-2)33(26-13-11-20(3)22(5)15-26)27-14-12-21(4)23(6)16-27/h9-19,24-25H,1-2H2,3-8H3. The summed E-state index contributed by atoms with van der Waals surface area (Å²) in [4.78, 5) is 25.5. The zero-order valence-corrected chi connectivity index (χ0v) is 23.3. The van der Waals surface area contributed by atoms with Gasteiger partial charge in [-0.2, -0.15) is 0 Å². The molecule has 0 fully saturated rings. The molecule has 3 aromatic rings. The van der Waals surface area contributed by atoms with Crippen molar-refractivity contribution in [2.45, 2.75) is 54.1 Å². The molecule has 204 valence electrons. The number of esters is 2. The van der Waals surface area contributed by atoms with E-state index in [1.165, 1.54) is 11.1 Å².